The summed E-state index contributed by atoms with van der Waals surface area (Å²) in [5, 5.41) is 19.7. The van der Waals surface area contributed by atoms with Crippen molar-refractivity contribution in [3.63, 3.8) is 0 Å². The molecule has 0 bridgehead atoms. The number of hydrogen-bond acceptors (Lipinski definition) is 4. The summed E-state index contributed by atoms with van der Waals surface area (Å²) in [6, 6.07) is 14.8. The van der Waals surface area contributed by atoms with Crippen molar-refractivity contribution >= 4 is 5.97 Å². The van der Waals surface area contributed by atoms with Gasteiger partial charge < -0.3 is 14.9 Å². The van der Waals surface area contributed by atoms with Gasteiger partial charge >= 0.3 is 5.97 Å². The molecule has 1 heterocycles. The van der Waals surface area contributed by atoms with Crippen molar-refractivity contribution in [2.24, 2.45) is 5.92 Å². The molecular formula is C22H27NO4. The third kappa shape index (κ3) is 5.08. The maximum atomic E-state index is 10.9. The van der Waals surface area contributed by atoms with Gasteiger partial charge in [-0.1, -0.05) is 24.3 Å². The van der Waals surface area contributed by atoms with Gasteiger partial charge in [0.2, 0.25) is 0 Å². The zero-order chi connectivity index (χ0) is 19.2. The average molecular weight is 369 g/mol. The van der Waals surface area contributed by atoms with Gasteiger partial charge in [-0.05, 0) is 74.2 Å². The molecule has 2 aromatic rings. The second kappa shape index (κ2) is 9.02. The number of aliphatic hydroxyl groups excluding tert-OH is 1. The summed E-state index contributed by atoms with van der Waals surface area (Å²) >= 11 is 0. The molecule has 0 radical (unpaired) electrons. The Morgan fingerprint density at radius 1 is 1.11 bits per heavy atom. The van der Waals surface area contributed by atoms with Crippen molar-refractivity contribution in [3.05, 3.63) is 65.2 Å². The van der Waals surface area contributed by atoms with Crippen molar-refractivity contribution in [3.8, 4) is 5.75 Å². The summed E-state index contributed by atoms with van der Waals surface area (Å²) in [5.74, 6) is 0.191. The minimum atomic E-state index is -0.898. The molecule has 1 unspecified atom stereocenters. The van der Waals surface area contributed by atoms with Gasteiger partial charge in [-0.15, -0.1) is 0 Å². The second-order valence-electron chi connectivity index (χ2n) is 7.06. The Labute approximate surface area is 160 Å². The van der Waals surface area contributed by atoms with Crippen LogP contribution in [0.4, 0.5) is 0 Å². The average Bonchev–Trinajstić information content (AvgIpc) is 2.69. The van der Waals surface area contributed by atoms with Crippen LogP contribution in [0, 0.1) is 5.92 Å². The third-order valence-corrected chi connectivity index (χ3v) is 5.22. The molecule has 1 aliphatic rings. The summed E-state index contributed by atoms with van der Waals surface area (Å²) < 4.78 is 5.46. The Bertz CT molecular complexity index is 734. The zero-order valence-corrected chi connectivity index (χ0v) is 15.7. The van der Waals surface area contributed by atoms with Crippen molar-refractivity contribution in [1.82, 2.24) is 4.90 Å². The molecule has 5 heteroatoms. The number of nitrogens with zero attached hydrogens (tertiary/aromatic N) is 1. The normalized spacial score (nSPS) is 16.8. The molecule has 0 saturated carbocycles. The largest absolute Gasteiger partial charge is 0.494 e. The smallest absolute Gasteiger partial charge is 0.335 e. The van der Waals surface area contributed by atoms with E-state index in [2.05, 4.69) is 4.90 Å². The molecule has 0 spiro atoms. The predicted octanol–water partition coefficient (Wildman–Crippen LogP) is 3.73. The quantitative estimate of drug-likeness (QED) is 0.778. The molecule has 27 heavy (non-hydrogen) atoms. The highest BCUT2D eigenvalue weighted by Gasteiger charge is 2.26. The van der Waals surface area contributed by atoms with E-state index in [1.54, 1.807) is 12.1 Å². The third-order valence-electron chi connectivity index (χ3n) is 5.22. The molecule has 0 aliphatic carbocycles. The van der Waals surface area contributed by atoms with Gasteiger partial charge in [0.05, 0.1) is 18.3 Å². The standard InChI is InChI=1S/C22H27NO4/c1-2-27-20-9-7-17(8-10-20)21(24)18-11-13-23(14-12-18)15-16-3-5-19(6-4-16)22(25)26/h3-10,18,21,24H,2,11-15H2,1H3,(H,25,26). The number of rotatable bonds is 7. The van der Waals surface area contributed by atoms with Crippen LogP contribution in [0.1, 0.15) is 47.4 Å². The number of likely N-dealkylation sites (tertiary alicyclic amines) is 1. The SMILES string of the molecule is CCOc1ccc(C(O)C2CCN(Cc3ccc(C(=O)O)cc3)CC2)cc1. The maximum Gasteiger partial charge on any atom is 0.335 e. The first-order chi connectivity index (χ1) is 13.1. The maximum absolute atomic E-state index is 10.9. The Kier molecular flexibility index (Phi) is 6.48. The number of aromatic carboxylic acids is 1. The van der Waals surface area contributed by atoms with Crippen LogP contribution in [0.25, 0.3) is 0 Å². The molecule has 0 aromatic heterocycles. The van der Waals surface area contributed by atoms with E-state index in [0.717, 1.165) is 49.4 Å². The van der Waals surface area contributed by atoms with Crippen LogP contribution < -0.4 is 4.74 Å². The van der Waals surface area contributed by atoms with Crippen LogP contribution in [-0.2, 0) is 6.54 Å². The van der Waals surface area contributed by atoms with Crippen LogP contribution in [0.2, 0.25) is 0 Å². The van der Waals surface area contributed by atoms with Crippen molar-refractivity contribution in [1.29, 1.82) is 0 Å². The first kappa shape index (κ1) is 19.4. The fourth-order valence-electron chi connectivity index (χ4n) is 3.64. The van der Waals surface area contributed by atoms with E-state index in [9.17, 15) is 9.90 Å². The lowest BCUT2D eigenvalue weighted by atomic mass is 9.87. The van der Waals surface area contributed by atoms with E-state index < -0.39 is 12.1 Å². The van der Waals surface area contributed by atoms with Crippen molar-refractivity contribution in [2.75, 3.05) is 19.7 Å². The molecule has 2 aromatic carbocycles. The van der Waals surface area contributed by atoms with E-state index in [4.69, 9.17) is 9.84 Å². The Hall–Kier alpha value is -2.37. The van der Waals surface area contributed by atoms with E-state index in [1.165, 1.54) is 0 Å². The van der Waals surface area contributed by atoms with Crippen LogP contribution in [0.5, 0.6) is 5.75 Å². The lowest BCUT2D eigenvalue weighted by molar-refractivity contribution is 0.0567. The topological polar surface area (TPSA) is 70.0 Å². The van der Waals surface area contributed by atoms with Gasteiger partial charge in [0.1, 0.15) is 5.75 Å². The first-order valence-electron chi connectivity index (χ1n) is 9.52. The lowest BCUT2D eigenvalue weighted by Crippen LogP contribution is -2.35. The number of hydrogen-bond donors (Lipinski definition) is 2. The van der Waals surface area contributed by atoms with Gasteiger partial charge in [0, 0.05) is 6.54 Å². The lowest BCUT2D eigenvalue weighted by Gasteiger charge is -2.34. The van der Waals surface area contributed by atoms with Gasteiger partial charge in [-0.2, -0.15) is 0 Å². The van der Waals surface area contributed by atoms with E-state index in [1.807, 2.05) is 43.3 Å². The highest BCUT2D eigenvalue weighted by molar-refractivity contribution is 5.87. The van der Waals surface area contributed by atoms with Crippen LogP contribution in [0.15, 0.2) is 48.5 Å². The highest BCUT2D eigenvalue weighted by Crippen LogP contribution is 2.32. The molecule has 1 fully saturated rings. The van der Waals surface area contributed by atoms with Crippen molar-refractivity contribution in [2.45, 2.75) is 32.4 Å². The summed E-state index contributed by atoms with van der Waals surface area (Å²) in [4.78, 5) is 13.3. The van der Waals surface area contributed by atoms with Gasteiger partial charge in [-0.3, -0.25) is 4.90 Å². The fourth-order valence-corrected chi connectivity index (χ4v) is 3.64. The number of carbonyl (C=O) groups is 1. The number of aliphatic hydroxyl groups is 1. The minimum Gasteiger partial charge on any atom is -0.494 e. The molecule has 1 atom stereocenters. The van der Waals surface area contributed by atoms with Crippen molar-refractivity contribution < 1.29 is 19.7 Å². The fraction of sp³-hybridized carbons (Fsp3) is 0.409. The molecular weight excluding hydrogens is 342 g/mol. The van der Waals surface area contributed by atoms with E-state index >= 15 is 0 Å². The van der Waals surface area contributed by atoms with Crippen LogP contribution in [-0.4, -0.2) is 40.8 Å². The Balaban J connectivity index is 1.51. The number of carboxylic acids is 1. The molecule has 5 nitrogen and oxygen atoms in total. The minimum absolute atomic E-state index is 0.258. The molecule has 3 rings (SSSR count). The number of ether oxygens (including phenoxy) is 1. The zero-order valence-electron chi connectivity index (χ0n) is 15.7. The highest BCUT2D eigenvalue weighted by atomic mass is 16.5. The first-order valence-corrected chi connectivity index (χ1v) is 9.52. The van der Waals surface area contributed by atoms with E-state index in [0.29, 0.717) is 12.2 Å². The number of benzene rings is 2. The van der Waals surface area contributed by atoms with Gasteiger partial charge in [-0.25, -0.2) is 4.79 Å². The summed E-state index contributed by atoms with van der Waals surface area (Å²) in [5.41, 5.74) is 2.38. The Morgan fingerprint density at radius 2 is 1.74 bits per heavy atom. The van der Waals surface area contributed by atoms with Gasteiger partial charge in [0.15, 0.2) is 0 Å². The monoisotopic (exact) mass is 369 g/mol. The molecule has 144 valence electrons. The number of carboxylic acid groups (broad SMARTS) is 1. The second-order valence-corrected chi connectivity index (χ2v) is 7.06. The van der Waals surface area contributed by atoms with Gasteiger partial charge in [0.25, 0.3) is 0 Å². The van der Waals surface area contributed by atoms with Crippen LogP contribution >= 0.6 is 0 Å². The summed E-state index contributed by atoms with van der Waals surface area (Å²) in [7, 11) is 0. The van der Waals surface area contributed by atoms with E-state index in [-0.39, 0.29) is 5.92 Å². The Morgan fingerprint density at radius 3 is 2.30 bits per heavy atom. The predicted molar refractivity (Wildman–Crippen MR) is 104 cm³/mol. The number of piperidine rings is 1. The summed E-state index contributed by atoms with van der Waals surface area (Å²) in [6.07, 6.45) is 1.45. The molecule has 1 saturated heterocycles. The summed E-state index contributed by atoms with van der Waals surface area (Å²) in [6.45, 7) is 5.26. The molecule has 1 aliphatic heterocycles. The molecule has 2 N–H and O–H groups in total. The van der Waals surface area contributed by atoms with Crippen LogP contribution in [0.3, 0.4) is 0 Å². The molecule has 0 amide bonds.